The smallest absolute Gasteiger partial charge is 0.273 e. The summed E-state index contributed by atoms with van der Waals surface area (Å²) in [5.41, 5.74) is 3.26. The fraction of sp³-hybridized carbons (Fsp3) is 0.294. The molecule has 0 spiro atoms. The van der Waals surface area contributed by atoms with Gasteiger partial charge < -0.3 is 24.3 Å². The highest BCUT2D eigenvalue weighted by molar-refractivity contribution is 6.05. The van der Waals surface area contributed by atoms with Gasteiger partial charge in [-0.3, -0.25) is 14.2 Å². The van der Waals surface area contributed by atoms with Gasteiger partial charge in [0.25, 0.3) is 11.8 Å². The van der Waals surface area contributed by atoms with Crippen LogP contribution in [0.3, 0.4) is 0 Å². The number of methoxy groups -OCH3 is 2. The number of hydrogen-bond donors (Lipinski definition) is 1. The largest absolute Gasteiger partial charge is 0.497 e. The maximum absolute atomic E-state index is 15.8. The molecular weight excluding hydrogens is 603 g/mol. The van der Waals surface area contributed by atoms with Crippen molar-refractivity contribution in [1.29, 1.82) is 0 Å². The molecule has 2 aliphatic rings. The Bertz CT molecular complexity index is 2020. The molecule has 7 rings (SSSR count). The lowest BCUT2D eigenvalue weighted by Gasteiger charge is -2.23. The van der Waals surface area contributed by atoms with E-state index in [1.807, 2.05) is 24.5 Å². The molecule has 3 aromatic heterocycles. The summed E-state index contributed by atoms with van der Waals surface area (Å²) in [7, 11) is 3.13. The van der Waals surface area contributed by atoms with Crippen LogP contribution in [0.1, 0.15) is 76.3 Å². The van der Waals surface area contributed by atoms with Gasteiger partial charge in [-0.05, 0) is 68.7 Å². The minimum atomic E-state index is -0.725. The van der Waals surface area contributed by atoms with Crippen LogP contribution < -0.4 is 14.8 Å². The molecule has 2 amide bonds. The number of nitrogens with zero attached hydrogens (tertiary/aromatic N) is 7. The first-order valence-corrected chi connectivity index (χ1v) is 15.3. The Morgan fingerprint density at radius 2 is 1.91 bits per heavy atom. The maximum Gasteiger partial charge on any atom is 0.273 e. The van der Waals surface area contributed by atoms with E-state index < -0.39 is 11.7 Å². The summed E-state index contributed by atoms with van der Waals surface area (Å²) in [5, 5.41) is 10.9. The van der Waals surface area contributed by atoms with Gasteiger partial charge >= 0.3 is 0 Å². The number of imidazole rings is 1. The highest BCUT2D eigenvalue weighted by atomic mass is 19.1. The van der Waals surface area contributed by atoms with E-state index in [0.29, 0.717) is 45.7 Å². The van der Waals surface area contributed by atoms with Crippen molar-refractivity contribution >= 4 is 17.6 Å². The van der Waals surface area contributed by atoms with Crippen LogP contribution in [0.5, 0.6) is 11.5 Å². The zero-order chi connectivity index (χ0) is 32.8. The third-order valence-corrected chi connectivity index (χ3v) is 8.49. The monoisotopic (exact) mass is 636 g/mol. The van der Waals surface area contributed by atoms with E-state index in [1.54, 1.807) is 66.7 Å². The first-order valence-electron chi connectivity index (χ1n) is 15.3. The second-order valence-electron chi connectivity index (χ2n) is 11.9. The summed E-state index contributed by atoms with van der Waals surface area (Å²) in [6.07, 6.45) is 5.09. The Balaban J connectivity index is 1.24. The van der Waals surface area contributed by atoms with Gasteiger partial charge in [-0.1, -0.05) is 6.07 Å². The summed E-state index contributed by atoms with van der Waals surface area (Å²) < 4.78 is 30.3. The lowest BCUT2D eigenvalue weighted by Crippen LogP contribution is -2.30. The standard InChI is InChI=1S/C34H33FN8O4/c1-19(2)42-18-37-40-32(42)26-6-5-7-29(38-26)39-33(44)24-14-27-22(12-25(24)35)16-41(15-21-10-11-23(46-3)13-28(21)47-4)34(45)31-30(20-8-9-20)36-17-43(27)31/h5-7,10-14,17-20H,8-9,15-16H2,1-4H3,(H,38,39,44). The van der Waals surface area contributed by atoms with Crippen LogP contribution in [-0.4, -0.2) is 60.2 Å². The summed E-state index contributed by atoms with van der Waals surface area (Å²) in [6, 6.07) is 13.4. The Morgan fingerprint density at radius 3 is 2.66 bits per heavy atom. The van der Waals surface area contributed by atoms with Crippen molar-refractivity contribution in [2.45, 2.75) is 51.7 Å². The van der Waals surface area contributed by atoms with Crippen LogP contribution in [0.4, 0.5) is 10.2 Å². The lowest BCUT2D eigenvalue weighted by atomic mass is 10.1. The number of benzene rings is 2. The van der Waals surface area contributed by atoms with Crippen LogP contribution in [0.25, 0.3) is 17.2 Å². The normalized spacial score (nSPS) is 14.1. The molecule has 47 heavy (non-hydrogen) atoms. The molecule has 5 aromatic rings. The average molecular weight is 637 g/mol. The predicted molar refractivity (Wildman–Crippen MR) is 170 cm³/mol. The van der Waals surface area contributed by atoms with Crippen molar-refractivity contribution in [2.24, 2.45) is 0 Å². The SMILES string of the molecule is COc1ccc(CN2Cc3cc(F)c(C(=O)Nc4cccc(-c5nncn5C(C)C)n4)cc3-n3cnc(C4CC4)c3C2=O)c(OC)c1. The molecule has 0 radical (unpaired) electrons. The molecule has 12 nitrogen and oxygen atoms in total. The number of hydrogen-bond acceptors (Lipinski definition) is 8. The molecule has 1 saturated carbocycles. The predicted octanol–water partition coefficient (Wildman–Crippen LogP) is 5.55. The number of amides is 2. The van der Waals surface area contributed by atoms with Gasteiger partial charge in [0.2, 0.25) is 0 Å². The summed E-state index contributed by atoms with van der Waals surface area (Å²) in [4.78, 5) is 38.6. The molecule has 1 aliphatic carbocycles. The second-order valence-corrected chi connectivity index (χ2v) is 11.9. The van der Waals surface area contributed by atoms with Crippen LogP contribution in [0, 0.1) is 5.82 Å². The number of rotatable bonds is 9. The topological polar surface area (TPSA) is 129 Å². The second kappa shape index (κ2) is 12.0. The van der Waals surface area contributed by atoms with Gasteiger partial charge in [0.1, 0.15) is 47.2 Å². The molecule has 13 heteroatoms. The summed E-state index contributed by atoms with van der Waals surface area (Å²) >= 11 is 0. The minimum Gasteiger partial charge on any atom is -0.497 e. The highest BCUT2D eigenvalue weighted by Gasteiger charge is 2.37. The van der Waals surface area contributed by atoms with Crippen LogP contribution in [0.15, 0.2) is 61.2 Å². The molecule has 1 fully saturated rings. The first-order chi connectivity index (χ1) is 22.7. The van der Waals surface area contributed by atoms with Crippen molar-refractivity contribution in [3.8, 4) is 28.7 Å². The zero-order valence-electron chi connectivity index (χ0n) is 26.4. The molecule has 1 aliphatic heterocycles. The van der Waals surface area contributed by atoms with Gasteiger partial charge in [-0.2, -0.15) is 0 Å². The fourth-order valence-electron chi connectivity index (χ4n) is 5.90. The van der Waals surface area contributed by atoms with Crippen molar-refractivity contribution in [2.75, 3.05) is 19.5 Å². The van der Waals surface area contributed by atoms with Crippen molar-refractivity contribution in [3.05, 3.63) is 95.1 Å². The summed E-state index contributed by atoms with van der Waals surface area (Å²) in [5.74, 6) is 0.510. The van der Waals surface area contributed by atoms with Crippen molar-refractivity contribution in [3.63, 3.8) is 0 Å². The Labute approximate surface area is 270 Å². The van der Waals surface area contributed by atoms with E-state index in [9.17, 15) is 9.59 Å². The number of nitrogens with one attached hydrogen (secondary N) is 1. The molecule has 0 unspecified atom stereocenters. The molecule has 1 N–H and O–H groups in total. The molecule has 4 heterocycles. The van der Waals surface area contributed by atoms with Gasteiger partial charge in [0.05, 0.1) is 37.7 Å². The molecular formula is C34H33FN8O4. The van der Waals surface area contributed by atoms with E-state index in [-0.39, 0.29) is 42.3 Å². The summed E-state index contributed by atoms with van der Waals surface area (Å²) in [6.45, 7) is 4.31. The Hall–Kier alpha value is -5.59. The number of halogens is 1. The van der Waals surface area contributed by atoms with E-state index >= 15 is 4.39 Å². The lowest BCUT2D eigenvalue weighted by molar-refractivity contribution is 0.0725. The van der Waals surface area contributed by atoms with Gasteiger partial charge in [-0.25, -0.2) is 14.4 Å². The number of fused-ring (bicyclic) bond motifs is 3. The number of pyridine rings is 1. The minimum absolute atomic E-state index is 0.100. The third-order valence-electron chi connectivity index (χ3n) is 8.49. The van der Waals surface area contributed by atoms with Gasteiger partial charge in [0, 0.05) is 30.1 Å². The number of carbonyl (C=O) groups is 2. The van der Waals surface area contributed by atoms with Crippen molar-refractivity contribution in [1.82, 2.24) is 34.2 Å². The maximum atomic E-state index is 15.8. The molecule has 0 bridgehead atoms. The van der Waals surface area contributed by atoms with Gasteiger partial charge in [0.15, 0.2) is 5.82 Å². The first kappa shape index (κ1) is 30.1. The Kier molecular flexibility index (Phi) is 7.66. The van der Waals surface area contributed by atoms with Gasteiger partial charge in [-0.15, -0.1) is 10.2 Å². The number of ether oxygens (including phenoxy) is 2. The number of aromatic nitrogens is 6. The zero-order valence-corrected chi connectivity index (χ0v) is 26.4. The molecule has 240 valence electrons. The Morgan fingerprint density at radius 1 is 1.09 bits per heavy atom. The highest BCUT2D eigenvalue weighted by Crippen LogP contribution is 2.43. The average Bonchev–Trinajstić information content (AvgIpc) is 3.64. The number of anilines is 1. The van der Waals surface area contributed by atoms with Crippen molar-refractivity contribution < 1.29 is 23.5 Å². The molecule has 0 atom stereocenters. The quantitative estimate of drug-likeness (QED) is 0.223. The van der Waals surface area contributed by atoms with Crippen LogP contribution >= 0.6 is 0 Å². The molecule has 0 saturated heterocycles. The van der Waals surface area contributed by atoms with E-state index in [1.165, 1.54) is 12.1 Å². The van der Waals surface area contributed by atoms with Crippen LogP contribution in [0.2, 0.25) is 0 Å². The van der Waals surface area contributed by atoms with E-state index in [2.05, 4.69) is 25.5 Å². The van der Waals surface area contributed by atoms with Crippen LogP contribution in [-0.2, 0) is 13.1 Å². The van der Waals surface area contributed by atoms with E-state index in [4.69, 9.17) is 9.47 Å². The van der Waals surface area contributed by atoms with E-state index in [0.717, 1.165) is 18.4 Å². The fourth-order valence-corrected chi connectivity index (χ4v) is 5.90. The number of carbonyl (C=O) groups excluding carboxylic acids is 2. The third kappa shape index (κ3) is 5.58. The molecule has 2 aromatic carbocycles.